The fourth-order valence-corrected chi connectivity index (χ4v) is 1.52. The topological polar surface area (TPSA) is 92.2 Å². The number of carbonyl (C=O) groups excluding carboxylic acids is 1. The van der Waals surface area contributed by atoms with Gasteiger partial charge in [0.25, 0.3) is 5.91 Å². The molecule has 1 heterocycles. The molecule has 16 heavy (non-hydrogen) atoms. The third-order valence-electron chi connectivity index (χ3n) is 2.11. The predicted molar refractivity (Wildman–Crippen MR) is 58.3 cm³/mol. The summed E-state index contributed by atoms with van der Waals surface area (Å²) in [6.07, 6.45) is 1.18. The van der Waals surface area contributed by atoms with E-state index < -0.39 is 5.97 Å². The first-order valence-corrected chi connectivity index (χ1v) is 5.73. The first-order valence-electron chi connectivity index (χ1n) is 4.89. The van der Waals surface area contributed by atoms with Crippen molar-refractivity contribution in [3.63, 3.8) is 0 Å². The van der Waals surface area contributed by atoms with E-state index in [-0.39, 0.29) is 11.8 Å². The molecule has 0 bridgehead atoms. The summed E-state index contributed by atoms with van der Waals surface area (Å²) in [4.78, 5) is 21.9. The van der Waals surface area contributed by atoms with Crippen molar-refractivity contribution in [2.45, 2.75) is 19.8 Å². The number of hydrogen-bond donors (Lipinski definition) is 2. The van der Waals surface area contributed by atoms with Gasteiger partial charge in [-0.05, 0) is 24.4 Å². The molecular formula is C9H13N3O3S. The van der Waals surface area contributed by atoms with Crippen LogP contribution in [-0.2, 0) is 4.79 Å². The Labute approximate surface area is 96.8 Å². The summed E-state index contributed by atoms with van der Waals surface area (Å²) in [6, 6.07) is 0. The molecule has 0 aliphatic heterocycles. The molecule has 88 valence electrons. The van der Waals surface area contributed by atoms with Crippen LogP contribution in [-0.4, -0.2) is 33.1 Å². The predicted octanol–water partition coefficient (Wildman–Crippen LogP) is 0.769. The Morgan fingerprint density at radius 2 is 2.38 bits per heavy atom. The number of hydrogen-bond acceptors (Lipinski definition) is 5. The number of aliphatic carboxylic acids is 1. The van der Waals surface area contributed by atoms with E-state index in [9.17, 15) is 9.59 Å². The first kappa shape index (κ1) is 12.6. The van der Waals surface area contributed by atoms with Gasteiger partial charge in [-0.2, -0.15) is 0 Å². The lowest BCUT2D eigenvalue weighted by atomic mass is 10.1. The highest BCUT2D eigenvalue weighted by Gasteiger charge is 2.11. The van der Waals surface area contributed by atoms with Crippen LogP contribution in [0.15, 0.2) is 5.38 Å². The Kier molecular flexibility index (Phi) is 4.84. The molecule has 1 aromatic heterocycles. The normalized spacial score (nSPS) is 12.1. The molecule has 1 rings (SSSR count). The Bertz CT molecular complexity index is 353. The molecule has 1 aromatic rings. The quantitative estimate of drug-likeness (QED) is 0.720. The third kappa shape index (κ3) is 3.93. The molecule has 2 N–H and O–H groups in total. The summed E-state index contributed by atoms with van der Waals surface area (Å²) in [5.41, 5.74) is 0.302. The number of nitrogens with zero attached hydrogens (tertiary/aromatic N) is 2. The molecule has 0 saturated carbocycles. The lowest BCUT2D eigenvalue weighted by molar-refractivity contribution is -0.141. The van der Waals surface area contributed by atoms with Crippen molar-refractivity contribution < 1.29 is 14.7 Å². The van der Waals surface area contributed by atoms with Crippen molar-refractivity contribution >= 4 is 23.4 Å². The van der Waals surface area contributed by atoms with E-state index in [0.717, 1.165) is 11.5 Å². The zero-order chi connectivity index (χ0) is 12.0. The second-order valence-electron chi connectivity index (χ2n) is 3.43. The van der Waals surface area contributed by atoms with Gasteiger partial charge < -0.3 is 10.4 Å². The molecule has 0 aromatic carbocycles. The summed E-state index contributed by atoms with van der Waals surface area (Å²) in [7, 11) is 0. The summed E-state index contributed by atoms with van der Waals surface area (Å²) in [5, 5.41) is 16.5. The van der Waals surface area contributed by atoms with E-state index >= 15 is 0 Å². The number of rotatable bonds is 6. The number of aromatic nitrogens is 2. The van der Waals surface area contributed by atoms with Crippen LogP contribution in [0, 0.1) is 5.92 Å². The van der Waals surface area contributed by atoms with Crippen LogP contribution in [0.25, 0.3) is 0 Å². The molecule has 0 saturated heterocycles. The van der Waals surface area contributed by atoms with E-state index in [1.54, 1.807) is 12.3 Å². The highest BCUT2D eigenvalue weighted by molar-refractivity contribution is 7.03. The van der Waals surface area contributed by atoms with Gasteiger partial charge in [0.05, 0.1) is 5.92 Å². The van der Waals surface area contributed by atoms with Crippen LogP contribution in [0.5, 0.6) is 0 Å². The molecule has 1 unspecified atom stereocenters. The number of nitrogens with one attached hydrogen (secondary N) is 1. The monoisotopic (exact) mass is 243 g/mol. The smallest absolute Gasteiger partial charge is 0.306 e. The zero-order valence-corrected chi connectivity index (χ0v) is 9.66. The molecule has 0 spiro atoms. The molecule has 0 fully saturated rings. The van der Waals surface area contributed by atoms with Crippen LogP contribution in [0.1, 0.15) is 30.3 Å². The number of carboxylic acid groups (broad SMARTS) is 1. The van der Waals surface area contributed by atoms with Gasteiger partial charge in [-0.25, -0.2) is 0 Å². The van der Waals surface area contributed by atoms with Crippen molar-refractivity contribution in [3.8, 4) is 0 Å². The van der Waals surface area contributed by atoms with Crippen LogP contribution in [0.4, 0.5) is 0 Å². The fraction of sp³-hybridized carbons (Fsp3) is 0.556. The van der Waals surface area contributed by atoms with Gasteiger partial charge in [-0.1, -0.05) is 11.4 Å². The van der Waals surface area contributed by atoms with E-state index in [0.29, 0.717) is 25.1 Å². The number of carboxylic acids is 1. The Balaban J connectivity index is 2.17. The van der Waals surface area contributed by atoms with Gasteiger partial charge in [0.2, 0.25) is 0 Å². The summed E-state index contributed by atoms with van der Waals surface area (Å²) in [6.45, 7) is 2.10. The molecular weight excluding hydrogens is 230 g/mol. The van der Waals surface area contributed by atoms with E-state index in [1.165, 1.54) is 0 Å². The lowest BCUT2D eigenvalue weighted by Crippen LogP contribution is -2.25. The lowest BCUT2D eigenvalue weighted by Gasteiger charge is -2.06. The Morgan fingerprint density at radius 1 is 1.62 bits per heavy atom. The molecule has 0 aliphatic carbocycles. The van der Waals surface area contributed by atoms with Crippen LogP contribution < -0.4 is 5.32 Å². The summed E-state index contributed by atoms with van der Waals surface area (Å²) >= 11 is 1.12. The molecule has 0 aliphatic rings. The van der Waals surface area contributed by atoms with Crippen molar-refractivity contribution in [2.75, 3.05) is 6.54 Å². The highest BCUT2D eigenvalue weighted by atomic mass is 32.1. The average Bonchev–Trinajstić information content (AvgIpc) is 2.76. The third-order valence-corrected chi connectivity index (χ3v) is 2.62. The van der Waals surface area contributed by atoms with Crippen molar-refractivity contribution in [1.82, 2.24) is 14.9 Å². The van der Waals surface area contributed by atoms with E-state index in [2.05, 4.69) is 14.9 Å². The molecule has 1 amide bonds. The maximum Gasteiger partial charge on any atom is 0.306 e. The summed E-state index contributed by atoms with van der Waals surface area (Å²) < 4.78 is 3.58. The van der Waals surface area contributed by atoms with Gasteiger partial charge in [-0.3, -0.25) is 9.59 Å². The van der Waals surface area contributed by atoms with Crippen LogP contribution in [0.2, 0.25) is 0 Å². The first-order chi connectivity index (χ1) is 7.61. The van der Waals surface area contributed by atoms with Gasteiger partial charge in [0, 0.05) is 11.9 Å². The minimum Gasteiger partial charge on any atom is -0.481 e. The Hall–Kier alpha value is -1.50. The van der Waals surface area contributed by atoms with E-state index in [1.807, 2.05) is 0 Å². The SMILES string of the molecule is CC(CCCNC(=O)c1csnn1)C(=O)O. The second kappa shape index (κ2) is 6.16. The van der Waals surface area contributed by atoms with Gasteiger partial charge in [0.1, 0.15) is 0 Å². The maximum absolute atomic E-state index is 11.4. The minimum absolute atomic E-state index is 0.267. The van der Waals surface area contributed by atoms with Crippen LogP contribution >= 0.6 is 11.5 Å². The maximum atomic E-state index is 11.4. The average molecular weight is 243 g/mol. The summed E-state index contributed by atoms with van der Waals surface area (Å²) in [5.74, 6) is -1.45. The van der Waals surface area contributed by atoms with E-state index in [4.69, 9.17) is 5.11 Å². The van der Waals surface area contributed by atoms with Gasteiger partial charge >= 0.3 is 5.97 Å². The minimum atomic E-state index is -0.810. The highest BCUT2D eigenvalue weighted by Crippen LogP contribution is 2.04. The van der Waals surface area contributed by atoms with Gasteiger partial charge in [0.15, 0.2) is 5.69 Å². The van der Waals surface area contributed by atoms with Crippen LogP contribution in [0.3, 0.4) is 0 Å². The molecule has 7 heteroatoms. The zero-order valence-electron chi connectivity index (χ0n) is 8.84. The number of amides is 1. The Morgan fingerprint density at radius 3 is 2.94 bits per heavy atom. The standard InChI is InChI=1S/C9H13N3O3S/c1-6(9(14)15)3-2-4-10-8(13)7-5-16-12-11-7/h5-6H,2-4H2,1H3,(H,10,13)(H,14,15). The molecule has 6 nitrogen and oxygen atoms in total. The van der Waals surface area contributed by atoms with Crippen molar-refractivity contribution in [2.24, 2.45) is 5.92 Å². The van der Waals surface area contributed by atoms with Gasteiger partial charge in [-0.15, -0.1) is 5.10 Å². The molecule has 0 radical (unpaired) electrons. The number of carbonyl (C=O) groups is 2. The molecule has 1 atom stereocenters. The van der Waals surface area contributed by atoms with Crippen molar-refractivity contribution in [1.29, 1.82) is 0 Å². The second-order valence-corrected chi connectivity index (χ2v) is 4.04. The van der Waals surface area contributed by atoms with Crippen molar-refractivity contribution in [3.05, 3.63) is 11.1 Å². The largest absolute Gasteiger partial charge is 0.481 e. The fourth-order valence-electron chi connectivity index (χ4n) is 1.09.